The highest BCUT2D eigenvalue weighted by molar-refractivity contribution is 9.10. The van der Waals surface area contributed by atoms with Crippen molar-refractivity contribution in [3.05, 3.63) is 69.2 Å². The lowest BCUT2D eigenvalue weighted by Gasteiger charge is -2.19. The van der Waals surface area contributed by atoms with Gasteiger partial charge in [0.05, 0.1) is 10.5 Å². The van der Waals surface area contributed by atoms with Gasteiger partial charge >= 0.3 is 0 Å². The lowest BCUT2D eigenvalue weighted by Crippen LogP contribution is -2.29. The second-order valence-electron chi connectivity index (χ2n) is 4.07. The van der Waals surface area contributed by atoms with Gasteiger partial charge in [-0.05, 0) is 45.3 Å². The monoisotopic (exact) mass is 348 g/mol. The van der Waals surface area contributed by atoms with Gasteiger partial charge in [-0.3, -0.25) is 5.84 Å². The van der Waals surface area contributed by atoms with Crippen LogP contribution < -0.4 is 11.3 Å². The summed E-state index contributed by atoms with van der Waals surface area (Å²) in [5.41, 5.74) is 2.69. The molecule has 106 valence electrons. The molecule has 2 aromatic rings. The minimum atomic E-state index is -1.10. The van der Waals surface area contributed by atoms with Crippen molar-refractivity contribution in [3.63, 3.8) is 0 Å². The standard InChI is InChI=1S/C13H9BrF4N2/c14-11-9(1-2-10(17)12(11)18)13(20-19)6-3-7(15)5-8(16)4-6/h1-5,13,20H,19H2. The summed E-state index contributed by atoms with van der Waals surface area (Å²) in [4.78, 5) is 0. The molecule has 0 aromatic heterocycles. The number of hydrogen-bond acceptors (Lipinski definition) is 2. The first-order chi connectivity index (χ1) is 9.43. The van der Waals surface area contributed by atoms with Crippen LogP contribution in [-0.4, -0.2) is 0 Å². The van der Waals surface area contributed by atoms with Crippen LogP contribution >= 0.6 is 15.9 Å². The molecule has 0 saturated heterocycles. The van der Waals surface area contributed by atoms with Gasteiger partial charge in [0.15, 0.2) is 11.6 Å². The van der Waals surface area contributed by atoms with Gasteiger partial charge in [0.25, 0.3) is 0 Å². The van der Waals surface area contributed by atoms with Crippen LogP contribution in [0.15, 0.2) is 34.8 Å². The number of nitrogens with two attached hydrogens (primary N) is 1. The van der Waals surface area contributed by atoms with Gasteiger partial charge in [-0.2, -0.15) is 0 Å². The molecular formula is C13H9BrF4N2. The van der Waals surface area contributed by atoms with Crippen molar-refractivity contribution >= 4 is 15.9 Å². The van der Waals surface area contributed by atoms with E-state index < -0.39 is 29.3 Å². The number of hydrogen-bond donors (Lipinski definition) is 2. The molecule has 2 nitrogen and oxygen atoms in total. The summed E-state index contributed by atoms with van der Waals surface area (Å²) in [6.07, 6.45) is 0. The van der Waals surface area contributed by atoms with Crippen molar-refractivity contribution in [2.24, 2.45) is 5.84 Å². The zero-order valence-corrected chi connectivity index (χ0v) is 11.5. The molecule has 1 unspecified atom stereocenters. The SMILES string of the molecule is NNC(c1cc(F)cc(F)c1)c1ccc(F)c(F)c1Br. The fraction of sp³-hybridized carbons (Fsp3) is 0.0769. The molecule has 0 fully saturated rings. The van der Waals surface area contributed by atoms with Gasteiger partial charge < -0.3 is 0 Å². The largest absolute Gasteiger partial charge is 0.271 e. The third kappa shape index (κ3) is 2.84. The van der Waals surface area contributed by atoms with E-state index in [1.54, 1.807) is 0 Å². The molecule has 7 heteroatoms. The normalized spacial score (nSPS) is 12.5. The van der Waals surface area contributed by atoms with Crippen LogP contribution in [0.3, 0.4) is 0 Å². The summed E-state index contributed by atoms with van der Waals surface area (Å²) in [6.45, 7) is 0. The molecule has 0 saturated carbocycles. The fourth-order valence-electron chi connectivity index (χ4n) is 1.87. The van der Waals surface area contributed by atoms with E-state index in [0.29, 0.717) is 6.07 Å². The van der Waals surface area contributed by atoms with Gasteiger partial charge in [0.2, 0.25) is 0 Å². The Hall–Kier alpha value is -1.44. The van der Waals surface area contributed by atoms with Crippen molar-refractivity contribution in [2.45, 2.75) is 6.04 Å². The average molecular weight is 349 g/mol. The third-order valence-corrected chi connectivity index (χ3v) is 3.57. The predicted molar refractivity (Wildman–Crippen MR) is 69.6 cm³/mol. The highest BCUT2D eigenvalue weighted by atomic mass is 79.9. The highest BCUT2D eigenvalue weighted by Crippen LogP contribution is 2.31. The van der Waals surface area contributed by atoms with Crippen molar-refractivity contribution in [1.29, 1.82) is 0 Å². The molecule has 0 aliphatic carbocycles. The molecule has 20 heavy (non-hydrogen) atoms. The van der Waals surface area contributed by atoms with Gasteiger partial charge in [-0.1, -0.05) is 6.07 Å². The number of halogens is 5. The van der Waals surface area contributed by atoms with Gasteiger partial charge in [-0.15, -0.1) is 0 Å². The van der Waals surface area contributed by atoms with Crippen LogP contribution in [0.1, 0.15) is 17.2 Å². The smallest absolute Gasteiger partial charge is 0.173 e. The molecule has 3 N–H and O–H groups in total. The van der Waals surface area contributed by atoms with Crippen LogP contribution in [0.2, 0.25) is 0 Å². The Morgan fingerprint density at radius 2 is 1.60 bits per heavy atom. The fourth-order valence-corrected chi connectivity index (χ4v) is 2.42. The van der Waals surface area contributed by atoms with Crippen molar-refractivity contribution in [3.8, 4) is 0 Å². The molecule has 0 heterocycles. The van der Waals surface area contributed by atoms with Crippen molar-refractivity contribution < 1.29 is 17.6 Å². The first kappa shape index (κ1) is 15.0. The molecule has 0 aliphatic rings. The zero-order chi connectivity index (χ0) is 14.9. The highest BCUT2D eigenvalue weighted by Gasteiger charge is 2.20. The maximum atomic E-state index is 13.5. The maximum absolute atomic E-state index is 13.5. The summed E-state index contributed by atoms with van der Waals surface area (Å²) in [5.74, 6) is 1.64. The molecule has 2 aromatic carbocycles. The average Bonchev–Trinajstić information content (AvgIpc) is 2.38. The first-order valence-electron chi connectivity index (χ1n) is 5.49. The van der Waals surface area contributed by atoms with Crippen LogP contribution in [0.5, 0.6) is 0 Å². The Morgan fingerprint density at radius 1 is 1.00 bits per heavy atom. The van der Waals surface area contributed by atoms with E-state index in [9.17, 15) is 17.6 Å². The first-order valence-corrected chi connectivity index (χ1v) is 6.29. The Morgan fingerprint density at radius 3 is 2.15 bits per heavy atom. The van der Waals surface area contributed by atoms with Crippen LogP contribution in [-0.2, 0) is 0 Å². The maximum Gasteiger partial charge on any atom is 0.173 e. The molecule has 0 bridgehead atoms. The number of benzene rings is 2. The minimum Gasteiger partial charge on any atom is -0.271 e. The van der Waals surface area contributed by atoms with Gasteiger partial charge in [0, 0.05) is 6.07 Å². The predicted octanol–water partition coefficient (Wildman–Crippen LogP) is 3.56. The zero-order valence-electron chi connectivity index (χ0n) is 9.93. The quantitative estimate of drug-likeness (QED) is 0.385. The van der Waals surface area contributed by atoms with Crippen molar-refractivity contribution in [2.75, 3.05) is 0 Å². The van der Waals surface area contributed by atoms with E-state index >= 15 is 0 Å². The summed E-state index contributed by atoms with van der Waals surface area (Å²) in [6, 6.07) is 4.11. The second kappa shape index (κ2) is 5.90. The second-order valence-corrected chi connectivity index (χ2v) is 4.86. The summed E-state index contributed by atoms with van der Waals surface area (Å²) in [7, 11) is 0. The third-order valence-electron chi connectivity index (χ3n) is 2.76. The molecule has 0 radical (unpaired) electrons. The van der Waals surface area contributed by atoms with Crippen LogP contribution in [0.25, 0.3) is 0 Å². The minimum absolute atomic E-state index is 0.150. The number of rotatable bonds is 3. The molecule has 0 amide bonds. The molecule has 1 atom stereocenters. The Labute approximate surface area is 120 Å². The van der Waals surface area contributed by atoms with E-state index in [0.717, 1.165) is 18.2 Å². The lowest BCUT2D eigenvalue weighted by molar-refractivity contribution is 0.498. The Kier molecular flexibility index (Phi) is 4.42. The summed E-state index contributed by atoms with van der Waals surface area (Å²) < 4.78 is 52.9. The van der Waals surface area contributed by atoms with E-state index in [1.165, 1.54) is 6.07 Å². The number of hydrazine groups is 1. The van der Waals surface area contributed by atoms with E-state index in [1.807, 2.05) is 0 Å². The van der Waals surface area contributed by atoms with E-state index in [-0.39, 0.29) is 15.6 Å². The Bertz CT molecular complexity index is 628. The van der Waals surface area contributed by atoms with E-state index in [2.05, 4.69) is 21.4 Å². The van der Waals surface area contributed by atoms with Gasteiger partial charge in [-0.25, -0.2) is 23.0 Å². The topological polar surface area (TPSA) is 38.0 Å². The molecular weight excluding hydrogens is 340 g/mol. The Balaban J connectivity index is 2.55. The molecule has 0 aliphatic heterocycles. The van der Waals surface area contributed by atoms with Crippen LogP contribution in [0, 0.1) is 23.3 Å². The summed E-state index contributed by atoms with van der Waals surface area (Å²) in [5, 5.41) is 0. The van der Waals surface area contributed by atoms with Crippen molar-refractivity contribution in [1.82, 2.24) is 5.43 Å². The van der Waals surface area contributed by atoms with E-state index in [4.69, 9.17) is 5.84 Å². The summed E-state index contributed by atoms with van der Waals surface area (Å²) >= 11 is 2.91. The lowest BCUT2D eigenvalue weighted by atomic mass is 9.99. The molecule has 0 spiro atoms. The van der Waals surface area contributed by atoms with Crippen LogP contribution in [0.4, 0.5) is 17.6 Å². The number of nitrogens with one attached hydrogen (secondary N) is 1. The molecule has 2 rings (SSSR count). The van der Waals surface area contributed by atoms with Gasteiger partial charge in [0.1, 0.15) is 11.6 Å².